The first kappa shape index (κ1) is 12.9. The van der Waals surface area contributed by atoms with Crippen LogP contribution in [-0.2, 0) is 9.53 Å². The van der Waals surface area contributed by atoms with Gasteiger partial charge in [-0.1, -0.05) is 6.92 Å². The van der Waals surface area contributed by atoms with Crippen LogP contribution in [-0.4, -0.2) is 36.1 Å². The molecule has 0 aromatic heterocycles. The van der Waals surface area contributed by atoms with Crippen molar-refractivity contribution in [1.82, 2.24) is 4.90 Å². The van der Waals surface area contributed by atoms with E-state index in [0.717, 1.165) is 32.4 Å². The van der Waals surface area contributed by atoms with Crippen LogP contribution in [0.4, 0.5) is 0 Å². The lowest BCUT2D eigenvalue weighted by molar-refractivity contribution is -0.135. The number of carbonyl (C=O) groups is 1. The maximum atomic E-state index is 12.2. The Balaban J connectivity index is 1.76. The van der Waals surface area contributed by atoms with Crippen molar-refractivity contribution >= 4 is 5.91 Å². The van der Waals surface area contributed by atoms with Crippen molar-refractivity contribution in [1.29, 1.82) is 0 Å². The number of carbonyl (C=O) groups excluding carboxylic acids is 1. The molecular weight excluding hydrogens is 214 g/mol. The summed E-state index contributed by atoms with van der Waals surface area (Å²) in [4.78, 5) is 14.3. The fraction of sp³-hybridized carbons (Fsp3) is 0.929. The first-order valence-corrected chi connectivity index (χ1v) is 7.22. The average molecular weight is 239 g/mol. The van der Waals surface area contributed by atoms with Crippen LogP contribution in [0.1, 0.15) is 58.3 Å². The smallest absolute Gasteiger partial charge is 0.222 e. The van der Waals surface area contributed by atoms with Gasteiger partial charge in [-0.3, -0.25) is 4.79 Å². The van der Waals surface area contributed by atoms with E-state index in [1.54, 1.807) is 0 Å². The molecule has 0 N–H and O–H groups in total. The number of rotatable bonds is 4. The molecule has 2 heterocycles. The summed E-state index contributed by atoms with van der Waals surface area (Å²) in [5.74, 6) is 0.354. The molecule has 2 aliphatic heterocycles. The minimum atomic E-state index is 0.351. The quantitative estimate of drug-likeness (QED) is 0.755. The molecule has 0 aliphatic carbocycles. The molecule has 0 aromatic rings. The largest absolute Gasteiger partial charge is 0.378 e. The van der Waals surface area contributed by atoms with Crippen LogP contribution in [0.5, 0.6) is 0 Å². The number of nitrogens with zero attached hydrogens (tertiary/aromatic N) is 1. The Morgan fingerprint density at radius 2 is 2.18 bits per heavy atom. The lowest BCUT2D eigenvalue weighted by Gasteiger charge is -2.35. The number of ether oxygens (including phenoxy) is 1. The molecule has 2 aliphatic rings. The second-order valence-corrected chi connectivity index (χ2v) is 5.32. The van der Waals surface area contributed by atoms with Gasteiger partial charge in [0.05, 0.1) is 6.10 Å². The Morgan fingerprint density at radius 3 is 2.88 bits per heavy atom. The highest BCUT2D eigenvalue weighted by Crippen LogP contribution is 2.22. The SMILES string of the molecule is CCC1CCCCN1C(=O)CCC1CCCO1. The van der Waals surface area contributed by atoms with E-state index in [4.69, 9.17) is 4.74 Å². The number of piperidine rings is 1. The predicted octanol–water partition coefficient (Wildman–Crippen LogP) is 2.74. The van der Waals surface area contributed by atoms with Crippen LogP contribution in [0.2, 0.25) is 0 Å². The molecular formula is C14H25NO2. The van der Waals surface area contributed by atoms with E-state index in [1.165, 1.54) is 25.7 Å². The van der Waals surface area contributed by atoms with Crippen molar-refractivity contribution < 1.29 is 9.53 Å². The average Bonchev–Trinajstić information content (AvgIpc) is 2.89. The molecule has 2 atom stereocenters. The van der Waals surface area contributed by atoms with E-state index < -0.39 is 0 Å². The highest BCUT2D eigenvalue weighted by Gasteiger charge is 2.26. The van der Waals surface area contributed by atoms with Crippen LogP contribution in [0.25, 0.3) is 0 Å². The van der Waals surface area contributed by atoms with Gasteiger partial charge in [0.15, 0.2) is 0 Å². The molecule has 3 heteroatoms. The second kappa shape index (κ2) is 6.39. The Labute approximate surface area is 105 Å². The maximum absolute atomic E-state index is 12.2. The van der Waals surface area contributed by atoms with Crippen molar-refractivity contribution in [2.75, 3.05) is 13.2 Å². The Morgan fingerprint density at radius 1 is 1.29 bits per heavy atom. The highest BCUT2D eigenvalue weighted by molar-refractivity contribution is 5.76. The van der Waals surface area contributed by atoms with E-state index in [-0.39, 0.29) is 0 Å². The molecule has 17 heavy (non-hydrogen) atoms. The summed E-state index contributed by atoms with van der Waals surface area (Å²) in [5.41, 5.74) is 0. The summed E-state index contributed by atoms with van der Waals surface area (Å²) in [6, 6.07) is 0.501. The topological polar surface area (TPSA) is 29.5 Å². The van der Waals surface area contributed by atoms with Gasteiger partial charge in [0.1, 0.15) is 0 Å². The number of hydrogen-bond donors (Lipinski definition) is 0. The summed E-state index contributed by atoms with van der Waals surface area (Å²) in [6.45, 7) is 4.05. The fourth-order valence-electron chi connectivity index (χ4n) is 3.05. The molecule has 2 fully saturated rings. The van der Waals surface area contributed by atoms with Gasteiger partial charge in [-0.15, -0.1) is 0 Å². The van der Waals surface area contributed by atoms with Crippen LogP contribution < -0.4 is 0 Å². The normalized spacial score (nSPS) is 29.6. The molecule has 2 unspecified atom stereocenters. The van der Waals surface area contributed by atoms with Crippen molar-refractivity contribution in [2.45, 2.75) is 70.4 Å². The molecule has 0 saturated carbocycles. The predicted molar refractivity (Wildman–Crippen MR) is 67.9 cm³/mol. The first-order valence-electron chi connectivity index (χ1n) is 7.22. The van der Waals surface area contributed by atoms with Crippen molar-refractivity contribution in [3.05, 3.63) is 0 Å². The first-order chi connectivity index (χ1) is 8.31. The van der Waals surface area contributed by atoms with E-state index in [9.17, 15) is 4.79 Å². The summed E-state index contributed by atoms with van der Waals surface area (Å²) in [7, 11) is 0. The van der Waals surface area contributed by atoms with E-state index in [0.29, 0.717) is 24.5 Å². The number of likely N-dealkylation sites (tertiary alicyclic amines) is 1. The van der Waals surface area contributed by atoms with Gasteiger partial charge >= 0.3 is 0 Å². The molecule has 0 radical (unpaired) electrons. The minimum absolute atomic E-state index is 0.351. The second-order valence-electron chi connectivity index (χ2n) is 5.32. The van der Waals surface area contributed by atoms with Crippen LogP contribution in [0.3, 0.4) is 0 Å². The zero-order valence-electron chi connectivity index (χ0n) is 11.0. The molecule has 2 saturated heterocycles. The molecule has 0 spiro atoms. The van der Waals surface area contributed by atoms with Crippen LogP contribution in [0.15, 0.2) is 0 Å². The fourth-order valence-corrected chi connectivity index (χ4v) is 3.05. The van der Waals surface area contributed by atoms with Crippen LogP contribution in [0, 0.1) is 0 Å². The molecule has 3 nitrogen and oxygen atoms in total. The monoisotopic (exact) mass is 239 g/mol. The number of amides is 1. The summed E-state index contributed by atoms with van der Waals surface area (Å²) in [5, 5.41) is 0. The lowest BCUT2D eigenvalue weighted by atomic mass is 9.99. The summed E-state index contributed by atoms with van der Waals surface area (Å²) in [6.07, 6.45) is 9.03. The van der Waals surface area contributed by atoms with Gasteiger partial charge in [-0.25, -0.2) is 0 Å². The zero-order chi connectivity index (χ0) is 12.1. The lowest BCUT2D eigenvalue weighted by Crippen LogP contribution is -2.43. The van der Waals surface area contributed by atoms with Gasteiger partial charge < -0.3 is 9.64 Å². The molecule has 0 bridgehead atoms. The van der Waals surface area contributed by atoms with Gasteiger partial charge in [-0.2, -0.15) is 0 Å². The molecule has 0 aromatic carbocycles. The third-order valence-corrected chi connectivity index (χ3v) is 4.12. The maximum Gasteiger partial charge on any atom is 0.222 e. The van der Waals surface area contributed by atoms with Gasteiger partial charge in [0.25, 0.3) is 0 Å². The van der Waals surface area contributed by atoms with E-state index in [1.807, 2.05) is 0 Å². The highest BCUT2D eigenvalue weighted by atomic mass is 16.5. The van der Waals surface area contributed by atoms with E-state index >= 15 is 0 Å². The van der Waals surface area contributed by atoms with Crippen molar-refractivity contribution in [3.63, 3.8) is 0 Å². The van der Waals surface area contributed by atoms with Gasteiger partial charge in [-0.05, 0) is 44.9 Å². The number of hydrogen-bond acceptors (Lipinski definition) is 2. The Hall–Kier alpha value is -0.570. The molecule has 98 valence electrons. The van der Waals surface area contributed by atoms with Crippen molar-refractivity contribution in [2.24, 2.45) is 0 Å². The van der Waals surface area contributed by atoms with Gasteiger partial charge in [0, 0.05) is 25.6 Å². The standard InChI is InChI=1S/C14H25NO2/c1-2-12-6-3-4-10-15(12)14(16)9-8-13-7-5-11-17-13/h12-13H,2-11H2,1H3. The summed E-state index contributed by atoms with van der Waals surface area (Å²) < 4.78 is 5.57. The Kier molecular flexibility index (Phi) is 4.84. The minimum Gasteiger partial charge on any atom is -0.378 e. The van der Waals surface area contributed by atoms with Crippen LogP contribution >= 0.6 is 0 Å². The summed E-state index contributed by atoms with van der Waals surface area (Å²) >= 11 is 0. The third kappa shape index (κ3) is 3.44. The van der Waals surface area contributed by atoms with Gasteiger partial charge in [0.2, 0.25) is 5.91 Å². The third-order valence-electron chi connectivity index (χ3n) is 4.12. The molecule has 2 rings (SSSR count). The van der Waals surface area contributed by atoms with Crippen molar-refractivity contribution in [3.8, 4) is 0 Å². The zero-order valence-corrected chi connectivity index (χ0v) is 11.0. The Bertz CT molecular complexity index is 249. The molecule has 1 amide bonds. The van der Waals surface area contributed by atoms with E-state index in [2.05, 4.69) is 11.8 Å².